The summed E-state index contributed by atoms with van der Waals surface area (Å²) in [7, 11) is 0. The summed E-state index contributed by atoms with van der Waals surface area (Å²) >= 11 is 0. The summed E-state index contributed by atoms with van der Waals surface area (Å²) in [4.78, 5) is 23.4. The van der Waals surface area contributed by atoms with Gasteiger partial charge in [0.1, 0.15) is 6.04 Å². The van der Waals surface area contributed by atoms with Crippen molar-refractivity contribution in [3.8, 4) is 0 Å². The molecule has 1 rings (SSSR count). The second kappa shape index (κ2) is 6.73. The van der Waals surface area contributed by atoms with Crippen molar-refractivity contribution in [2.45, 2.75) is 32.7 Å². The van der Waals surface area contributed by atoms with E-state index in [0.29, 0.717) is 18.4 Å². The fourth-order valence-corrected chi connectivity index (χ4v) is 1.92. The van der Waals surface area contributed by atoms with Gasteiger partial charge in [-0.1, -0.05) is 23.3 Å². The third-order valence-electron chi connectivity index (χ3n) is 2.79. The number of allylic oxidation sites excluding steroid dienone is 1. The van der Waals surface area contributed by atoms with Crippen molar-refractivity contribution >= 4 is 11.8 Å². The Morgan fingerprint density at radius 2 is 1.89 bits per heavy atom. The molecule has 0 saturated heterocycles. The summed E-state index contributed by atoms with van der Waals surface area (Å²) < 4.78 is 0. The molecular weight excluding hydrogens is 240 g/mol. The van der Waals surface area contributed by atoms with E-state index in [4.69, 9.17) is 5.73 Å². The molecule has 1 aromatic carbocycles. The second-order valence-corrected chi connectivity index (χ2v) is 4.67. The van der Waals surface area contributed by atoms with Gasteiger partial charge in [-0.15, -0.1) is 6.58 Å². The van der Waals surface area contributed by atoms with Crippen LogP contribution in [-0.4, -0.2) is 17.9 Å². The van der Waals surface area contributed by atoms with E-state index in [1.54, 1.807) is 18.2 Å². The summed E-state index contributed by atoms with van der Waals surface area (Å²) in [5.41, 5.74) is 7.83. The highest BCUT2D eigenvalue weighted by Gasteiger charge is 2.18. The standard InChI is InChI=1S/C15H20N2O2/c1-4-5-6-13(14(16)18)17-15(19)12-8-10(2)7-11(3)9-12/h4,7-9,13H,1,5-6H2,2-3H3,(H2,16,18)(H,17,19)/t13-/m1/s1. The van der Waals surface area contributed by atoms with Crippen LogP contribution in [0.5, 0.6) is 0 Å². The zero-order valence-corrected chi connectivity index (χ0v) is 11.4. The molecule has 0 aliphatic rings. The predicted molar refractivity (Wildman–Crippen MR) is 75.8 cm³/mol. The smallest absolute Gasteiger partial charge is 0.251 e. The number of carbonyl (C=O) groups is 2. The molecular formula is C15H20N2O2. The minimum atomic E-state index is -0.661. The maximum atomic E-state index is 12.1. The lowest BCUT2D eigenvalue weighted by molar-refractivity contribution is -0.119. The first kappa shape index (κ1) is 15.0. The number of primary amides is 1. The molecule has 0 unspecified atom stereocenters. The van der Waals surface area contributed by atoms with Crippen molar-refractivity contribution in [1.29, 1.82) is 0 Å². The zero-order valence-electron chi connectivity index (χ0n) is 11.4. The average molecular weight is 260 g/mol. The minimum Gasteiger partial charge on any atom is -0.368 e. The lowest BCUT2D eigenvalue weighted by Crippen LogP contribution is -2.44. The maximum Gasteiger partial charge on any atom is 0.251 e. The molecule has 19 heavy (non-hydrogen) atoms. The largest absolute Gasteiger partial charge is 0.368 e. The number of nitrogens with two attached hydrogens (primary N) is 1. The van der Waals surface area contributed by atoms with Crippen molar-refractivity contribution in [3.63, 3.8) is 0 Å². The summed E-state index contributed by atoms with van der Waals surface area (Å²) in [5, 5.41) is 2.66. The molecule has 1 aromatic rings. The van der Waals surface area contributed by atoms with Gasteiger partial charge in [-0.3, -0.25) is 9.59 Å². The monoisotopic (exact) mass is 260 g/mol. The first-order valence-corrected chi connectivity index (χ1v) is 6.23. The van der Waals surface area contributed by atoms with Crippen molar-refractivity contribution < 1.29 is 9.59 Å². The molecule has 1 atom stereocenters. The summed E-state index contributed by atoms with van der Waals surface area (Å²) in [6.07, 6.45) is 2.79. The number of hydrogen-bond acceptors (Lipinski definition) is 2. The fraction of sp³-hybridized carbons (Fsp3) is 0.333. The van der Waals surface area contributed by atoms with Gasteiger partial charge in [-0.25, -0.2) is 0 Å². The number of nitrogens with one attached hydrogen (secondary N) is 1. The maximum absolute atomic E-state index is 12.1. The van der Waals surface area contributed by atoms with E-state index in [0.717, 1.165) is 11.1 Å². The molecule has 0 heterocycles. The Kier molecular flexibility index (Phi) is 5.30. The van der Waals surface area contributed by atoms with E-state index in [1.807, 2.05) is 19.9 Å². The van der Waals surface area contributed by atoms with E-state index in [-0.39, 0.29) is 5.91 Å². The molecule has 4 heteroatoms. The lowest BCUT2D eigenvalue weighted by Gasteiger charge is -2.15. The summed E-state index contributed by atoms with van der Waals surface area (Å²) in [6.45, 7) is 7.44. The van der Waals surface area contributed by atoms with Crippen LogP contribution in [0.2, 0.25) is 0 Å². The molecule has 0 radical (unpaired) electrons. The number of hydrogen-bond donors (Lipinski definition) is 2. The van der Waals surface area contributed by atoms with Gasteiger partial charge in [0.15, 0.2) is 0 Å². The summed E-state index contributed by atoms with van der Waals surface area (Å²) in [5.74, 6) is -0.806. The van der Waals surface area contributed by atoms with Crippen LogP contribution < -0.4 is 11.1 Å². The molecule has 0 fully saturated rings. The Hall–Kier alpha value is -2.10. The topological polar surface area (TPSA) is 72.2 Å². The van der Waals surface area contributed by atoms with Crippen LogP contribution in [0.15, 0.2) is 30.9 Å². The molecule has 0 saturated carbocycles. The number of rotatable bonds is 6. The van der Waals surface area contributed by atoms with Gasteiger partial charge >= 0.3 is 0 Å². The average Bonchev–Trinajstić information content (AvgIpc) is 2.32. The first-order valence-electron chi connectivity index (χ1n) is 6.23. The molecule has 4 nitrogen and oxygen atoms in total. The number of amides is 2. The normalized spacial score (nSPS) is 11.7. The lowest BCUT2D eigenvalue weighted by atomic mass is 10.1. The van der Waals surface area contributed by atoms with E-state index in [1.165, 1.54) is 0 Å². The quantitative estimate of drug-likeness (QED) is 0.766. The Morgan fingerprint density at radius 3 is 2.37 bits per heavy atom. The predicted octanol–water partition coefficient (Wildman–Crippen LogP) is 1.85. The Labute approximate surface area is 113 Å². The van der Waals surface area contributed by atoms with Gasteiger partial charge in [-0.2, -0.15) is 0 Å². The first-order chi connectivity index (χ1) is 8.93. The molecule has 0 aliphatic carbocycles. The zero-order chi connectivity index (χ0) is 14.4. The number of aryl methyl sites for hydroxylation is 2. The van der Waals surface area contributed by atoms with Crippen molar-refractivity contribution in [3.05, 3.63) is 47.5 Å². The highest BCUT2D eigenvalue weighted by molar-refractivity contribution is 5.97. The summed E-state index contributed by atoms with van der Waals surface area (Å²) in [6, 6.07) is 4.90. The molecule has 3 N–H and O–H groups in total. The van der Waals surface area contributed by atoms with Crippen LogP contribution in [0.25, 0.3) is 0 Å². The van der Waals surface area contributed by atoms with Crippen molar-refractivity contribution in [1.82, 2.24) is 5.32 Å². The van der Waals surface area contributed by atoms with Crippen LogP contribution >= 0.6 is 0 Å². The van der Waals surface area contributed by atoms with Gasteiger partial charge in [-0.05, 0) is 38.8 Å². The van der Waals surface area contributed by atoms with Crippen LogP contribution in [0.4, 0.5) is 0 Å². The second-order valence-electron chi connectivity index (χ2n) is 4.67. The molecule has 2 amide bonds. The molecule has 0 bridgehead atoms. The van der Waals surface area contributed by atoms with Gasteiger partial charge < -0.3 is 11.1 Å². The Balaban J connectivity index is 2.81. The van der Waals surface area contributed by atoms with Gasteiger partial charge in [0.2, 0.25) is 5.91 Å². The molecule has 102 valence electrons. The third-order valence-corrected chi connectivity index (χ3v) is 2.79. The van der Waals surface area contributed by atoms with Gasteiger partial charge in [0.05, 0.1) is 0 Å². The highest BCUT2D eigenvalue weighted by atomic mass is 16.2. The van der Waals surface area contributed by atoms with E-state index in [9.17, 15) is 9.59 Å². The van der Waals surface area contributed by atoms with Gasteiger partial charge in [0.25, 0.3) is 5.91 Å². The molecule has 0 spiro atoms. The van der Waals surface area contributed by atoms with Crippen molar-refractivity contribution in [2.75, 3.05) is 0 Å². The number of carbonyl (C=O) groups excluding carboxylic acids is 2. The third kappa shape index (κ3) is 4.58. The highest BCUT2D eigenvalue weighted by Crippen LogP contribution is 2.09. The Bertz CT molecular complexity index is 475. The number of benzene rings is 1. The van der Waals surface area contributed by atoms with Crippen LogP contribution in [-0.2, 0) is 4.79 Å². The van der Waals surface area contributed by atoms with E-state index < -0.39 is 11.9 Å². The SMILES string of the molecule is C=CCC[C@@H](NC(=O)c1cc(C)cc(C)c1)C(N)=O. The van der Waals surface area contributed by atoms with Crippen LogP contribution in [0, 0.1) is 13.8 Å². The van der Waals surface area contributed by atoms with E-state index in [2.05, 4.69) is 11.9 Å². The van der Waals surface area contributed by atoms with Crippen molar-refractivity contribution in [2.24, 2.45) is 5.73 Å². The van der Waals surface area contributed by atoms with Crippen LogP contribution in [0.3, 0.4) is 0 Å². The van der Waals surface area contributed by atoms with Gasteiger partial charge in [0, 0.05) is 5.56 Å². The van der Waals surface area contributed by atoms with E-state index >= 15 is 0 Å². The molecule has 0 aliphatic heterocycles. The van der Waals surface area contributed by atoms with Crippen LogP contribution in [0.1, 0.15) is 34.3 Å². The molecule has 0 aromatic heterocycles. The fourth-order valence-electron chi connectivity index (χ4n) is 1.92. The Morgan fingerprint density at radius 1 is 1.32 bits per heavy atom. The minimum absolute atomic E-state index is 0.278.